The van der Waals surface area contributed by atoms with E-state index >= 15 is 0 Å². The summed E-state index contributed by atoms with van der Waals surface area (Å²) in [6, 6.07) is 7.15. The van der Waals surface area contributed by atoms with Gasteiger partial charge in [0, 0.05) is 5.56 Å². The van der Waals surface area contributed by atoms with Crippen LogP contribution < -0.4 is 16.1 Å². The first-order chi connectivity index (χ1) is 9.67. The third kappa shape index (κ3) is 2.93. The molecule has 0 aliphatic heterocycles. The van der Waals surface area contributed by atoms with Crippen LogP contribution in [0.25, 0.3) is 11.3 Å². The molecule has 0 spiro atoms. The standard InChI is InChI=1S/C13H16N4O2S/c1-3-8-19-10-6-4-9(5-7-10)11-12(18)17(14)13(20-2)16-15-11/h4-7H,3,8,14H2,1-2H3. The minimum Gasteiger partial charge on any atom is -0.494 e. The van der Waals surface area contributed by atoms with Crippen LogP contribution in [0.1, 0.15) is 13.3 Å². The average molecular weight is 292 g/mol. The lowest BCUT2D eigenvalue weighted by Crippen LogP contribution is -2.31. The molecule has 106 valence electrons. The molecule has 20 heavy (non-hydrogen) atoms. The number of nitrogens with zero attached hydrogens (tertiary/aromatic N) is 3. The molecular formula is C13H16N4O2S. The van der Waals surface area contributed by atoms with Crippen molar-refractivity contribution >= 4 is 11.8 Å². The maximum Gasteiger partial charge on any atom is 0.299 e. The summed E-state index contributed by atoms with van der Waals surface area (Å²) in [5, 5.41) is 8.25. The highest BCUT2D eigenvalue weighted by atomic mass is 32.2. The van der Waals surface area contributed by atoms with Gasteiger partial charge in [-0.05, 0) is 36.9 Å². The Bertz CT molecular complexity index is 640. The molecule has 6 nitrogen and oxygen atoms in total. The van der Waals surface area contributed by atoms with Crippen molar-refractivity contribution in [2.24, 2.45) is 0 Å². The number of nitrogen functional groups attached to an aromatic ring is 1. The van der Waals surface area contributed by atoms with E-state index in [9.17, 15) is 4.79 Å². The molecule has 0 bridgehead atoms. The summed E-state index contributed by atoms with van der Waals surface area (Å²) in [4.78, 5) is 12.1. The fraction of sp³-hybridized carbons (Fsp3) is 0.308. The molecule has 0 saturated carbocycles. The summed E-state index contributed by atoms with van der Waals surface area (Å²) in [6.07, 6.45) is 2.73. The third-order valence-electron chi connectivity index (χ3n) is 2.65. The molecule has 0 fully saturated rings. The molecule has 1 heterocycles. The molecule has 2 aromatic rings. The fourth-order valence-electron chi connectivity index (χ4n) is 1.63. The van der Waals surface area contributed by atoms with Gasteiger partial charge in [0.25, 0.3) is 5.56 Å². The van der Waals surface area contributed by atoms with E-state index in [1.54, 1.807) is 30.5 Å². The Morgan fingerprint density at radius 1 is 1.30 bits per heavy atom. The summed E-state index contributed by atoms with van der Waals surface area (Å²) in [5.41, 5.74) is 0.525. The Labute approximate surface area is 120 Å². The van der Waals surface area contributed by atoms with Gasteiger partial charge in [0.2, 0.25) is 5.16 Å². The van der Waals surface area contributed by atoms with Gasteiger partial charge in [-0.15, -0.1) is 10.2 Å². The van der Waals surface area contributed by atoms with Crippen LogP contribution in [-0.2, 0) is 0 Å². The zero-order valence-electron chi connectivity index (χ0n) is 11.4. The normalized spacial score (nSPS) is 10.5. The van der Waals surface area contributed by atoms with Gasteiger partial charge in [-0.3, -0.25) is 4.79 Å². The third-order valence-corrected chi connectivity index (χ3v) is 3.29. The molecule has 1 aromatic heterocycles. The lowest BCUT2D eigenvalue weighted by molar-refractivity contribution is 0.317. The van der Waals surface area contributed by atoms with Crippen LogP contribution in [-0.4, -0.2) is 27.7 Å². The first-order valence-electron chi connectivity index (χ1n) is 6.19. The Hall–Kier alpha value is -2.02. The van der Waals surface area contributed by atoms with Crippen molar-refractivity contribution in [3.8, 4) is 17.0 Å². The zero-order valence-corrected chi connectivity index (χ0v) is 12.2. The predicted octanol–water partition coefficient (Wildman–Crippen LogP) is 1.53. The second-order valence-electron chi connectivity index (χ2n) is 4.08. The maximum atomic E-state index is 12.1. The van der Waals surface area contributed by atoms with E-state index < -0.39 is 0 Å². The van der Waals surface area contributed by atoms with Crippen LogP contribution in [0.3, 0.4) is 0 Å². The second kappa shape index (κ2) is 6.42. The molecule has 1 aromatic carbocycles. The van der Waals surface area contributed by atoms with Crippen LogP contribution in [0.2, 0.25) is 0 Å². The molecule has 2 N–H and O–H groups in total. The van der Waals surface area contributed by atoms with Gasteiger partial charge in [-0.1, -0.05) is 18.7 Å². The predicted molar refractivity (Wildman–Crippen MR) is 79.4 cm³/mol. The van der Waals surface area contributed by atoms with Gasteiger partial charge >= 0.3 is 0 Å². The van der Waals surface area contributed by atoms with E-state index in [1.165, 1.54) is 11.8 Å². The lowest BCUT2D eigenvalue weighted by atomic mass is 10.1. The quantitative estimate of drug-likeness (QED) is 0.664. The summed E-state index contributed by atoms with van der Waals surface area (Å²) in [5.74, 6) is 6.44. The number of hydrogen-bond donors (Lipinski definition) is 1. The zero-order chi connectivity index (χ0) is 14.5. The van der Waals surface area contributed by atoms with Gasteiger partial charge in [-0.25, -0.2) is 0 Å². The average Bonchev–Trinajstić information content (AvgIpc) is 2.48. The van der Waals surface area contributed by atoms with Gasteiger partial charge in [0.15, 0.2) is 5.69 Å². The lowest BCUT2D eigenvalue weighted by Gasteiger charge is -2.07. The summed E-state index contributed by atoms with van der Waals surface area (Å²) < 4.78 is 6.50. The van der Waals surface area contributed by atoms with Crippen molar-refractivity contribution < 1.29 is 4.74 Å². The number of hydrogen-bond acceptors (Lipinski definition) is 6. The summed E-state index contributed by atoms with van der Waals surface area (Å²) in [7, 11) is 0. The highest BCUT2D eigenvalue weighted by molar-refractivity contribution is 7.98. The van der Waals surface area contributed by atoms with Crippen molar-refractivity contribution in [1.29, 1.82) is 0 Å². The van der Waals surface area contributed by atoms with Crippen molar-refractivity contribution in [3.05, 3.63) is 34.6 Å². The molecule has 0 atom stereocenters. The van der Waals surface area contributed by atoms with Crippen LogP contribution in [0.15, 0.2) is 34.2 Å². The minimum absolute atomic E-state index is 0.229. The van der Waals surface area contributed by atoms with E-state index in [4.69, 9.17) is 10.6 Å². The van der Waals surface area contributed by atoms with Gasteiger partial charge in [0.1, 0.15) is 5.75 Å². The molecule has 7 heteroatoms. The molecule has 2 rings (SSSR count). The van der Waals surface area contributed by atoms with Gasteiger partial charge in [-0.2, -0.15) is 4.68 Å². The molecular weight excluding hydrogens is 276 g/mol. The minimum atomic E-state index is -0.369. The van der Waals surface area contributed by atoms with Crippen molar-refractivity contribution in [2.75, 3.05) is 18.7 Å². The Kier molecular flexibility index (Phi) is 4.62. The highest BCUT2D eigenvalue weighted by Gasteiger charge is 2.11. The summed E-state index contributed by atoms with van der Waals surface area (Å²) >= 11 is 1.27. The number of benzene rings is 1. The largest absolute Gasteiger partial charge is 0.494 e. The molecule has 0 aliphatic rings. The number of thioether (sulfide) groups is 1. The Morgan fingerprint density at radius 3 is 2.60 bits per heavy atom. The van der Waals surface area contributed by atoms with Crippen LogP contribution in [0.4, 0.5) is 0 Å². The second-order valence-corrected chi connectivity index (χ2v) is 4.86. The van der Waals surface area contributed by atoms with Crippen molar-refractivity contribution in [2.45, 2.75) is 18.5 Å². The number of rotatable bonds is 5. The molecule has 0 radical (unpaired) electrons. The highest BCUT2D eigenvalue weighted by Crippen LogP contribution is 2.18. The van der Waals surface area contributed by atoms with E-state index in [-0.39, 0.29) is 11.3 Å². The Morgan fingerprint density at radius 2 is 2.00 bits per heavy atom. The van der Waals surface area contributed by atoms with Gasteiger partial charge < -0.3 is 10.6 Å². The van der Waals surface area contributed by atoms with Crippen molar-refractivity contribution in [1.82, 2.24) is 14.9 Å². The van der Waals surface area contributed by atoms with E-state index in [0.717, 1.165) is 16.8 Å². The van der Waals surface area contributed by atoms with E-state index in [2.05, 4.69) is 10.2 Å². The first kappa shape index (κ1) is 14.4. The smallest absolute Gasteiger partial charge is 0.299 e. The van der Waals surface area contributed by atoms with Crippen molar-refractivity contribution in [3.63, 3.8) is 0 Å². The van der Waals surface area contributed by atoms with E-state index in [0.29, 0.717) is 17.3 Å². The number of ether oxygens (including phenoxy) is 1. The monoisotopic (exact) mass is 292 g/mol. The summed E-state index contributed by atoms with van der Waals surface area (Å²) in [6.45, 7) is 2.71. The maximum absolute atomic E-state index is 12.1. The van der Waals surface area contributed by atoms with Crippen LogP contribution >= 0.6 is 11.8 Å². The van der Waals surface area contributed by atoms with Crippen LogP contribution in [0, 0.1) is 0 Å². The molecule has 0 unspecified atom stereocenters. The SMILES string of the molecule is CCCOc1ccc(-c2nnc(SC)n(N)c2=O)cc1. The molecule has 0 aliphatic carbocycles. The topological polar surface area (TPSA) is 83.0 Å². The van der Waals surface area contributed by atoms with E-state index in [1.807, 2.05) is 6.92 Å². The fourth-order valence-corrected chi connectivity index (χ4v) is 2.04. The first-order valence-corrected chi connectivity index (χ1v) is 7.42. The Balaban J connectivity index is 2.32. The van der Waals surface area contributed by atoms with Gasteiger partial charge in [0.05, 0.1) is 6.61 Å². The number of nitrogens with two attached hydrogens (primary N) is 1. The molecule has 0 amide bonds. The van der Waals surface area contributed by atoms with Crippen LogP contribution in [0.5, 0.6) is 5.75 Å². The molecule has 0 saturated heterocycles. The number of aromatic nitrogens is 3.